The fourth-order valence-corrected chi connectivity index (χ4v) is 2.91. The maximum absolute atomic E-state index is 6.10. The van der Waals surface area contributed by atoms with Gasteiger partial charge < -0.3 is 24.7 Å². The third-order valence-electron chi connectivity index (χ3n) is 4.00. The van der Waals surface area contributed by atoms with Gasteiger partial charge in [-0.25, -0.2) is 0 Å². The van der Waals surface area contributed by atoms with Gasteiger partial charge in [0.25, 0.3) is 0 Å². The van der Waals surface area contributed by atoms with Gasteiger partial charge in [0.15, 0.2) is 11.5 Å². The molecule has 0 saturated carbocycles. The normalized spacial score (nSPS) is 29.6. The van der Waals surface area contributed by atoms with E-state index in [1.165, 1.54) is 0 Å². The van der Waals surface area contributed by atoms with Crippen molar-refractivity contribution in [3.8, 4) is 11.5 Å². The molecule has 1 aromatic carbocycles. The molecule has 0 bridgehead atoms. The lowest BCUT2D eigenvalue weighted by atomic mass is 9.91. The molecular formula is C15H21NO4. The van der Waals surface area contributed by atoms with Crippen molar-refractivity contribution in [3.05, 3.63) is 18.2 Å². The van der Waals surface area contributed by atoms with E-state index < -0.39 is 0 Å². The van der Waals surface area contributed by atoms with Crippen LogP contribution in [0.1, 0.15) is 19.3 Å². The average Bonchev–Trinajstić information content (AvgIpc) is 2.89. The summed E-state index contributed by atoms with van der Waals surface area (Å²) >= 11 is 0. The molecule has 2 N–H and O–H groups in total. The van der Waals surface area contributed by atoms with Crippen LogP contribution in [-0.2, 0) is 9.47 Å². The number of nitrogen functional groups attached to an aromatic ring is 1. The molecule has 2 atom stereocenters. The maximum atomic E-state index is 6.10. The molecule has 3 rings (SSSR count). The Morgan fingerprint density at radius 1 is 1.30 bits per heavy atom. The van der Waals surface area contributed by atoms with Gasteiger partial charge in [0.2, 0.25) is 0 Å². The molecule has 5 heteroatoms. The standard InChI is InChI=1S/C15H21NO4/c1-17-14-8-11(16)2-3-13(14)20-12-4-6-19-15(9-12)5-7-18-10-15/h2-3,8,12H,4-7,9-10,16H2,1H3. The zero-order valence-corrected chi connectivity index (χ0v) is 11.8. The number of methoxy groups -OCH3 is 1. The Kier molecular flexibility index (Phi) is 3.72. The first kappa shape index (κ1) is 13.5. The summed E-state index contributed by atoms with van der Waals surface area (Å²) in [6.45, 7) is 2.16. The van der Waals surface area contributed by atoms with Crippen molar-refractivity contribution in [2.45, 2.75) is 31.0 Å². The molecule has 1 spiro atoms. The van der Waals surface area contributed by atoms with Crippen LogP contribution in [0.2, 0.25) is 0 Å². The lowest BCUT2D eigenvalue weighted by molar-refractivity contribution is -0.112. The van der Waals surface area contributed by atoms with E-state index in [4.69, 9.17) is 24.7 Å². The third-order valence-corrected chi connectivity index (χ3v) is 4.00. The summed E-state index contributed by atoms with van der Waals surface area (Å²) in [6.07, 6.45) is 2.82. The average molecular weight is 279 g/mol. The molecule has 0 radical (unpaired) electrons. The SMILES string of the molecule is COc1cc(N)ccc1OC1CCOC2(CCOC2)C1. The molecule has 2 heterocycles. The fourth-order valence-electron chi connectivity index (χ4n) is 2.91. The Morgan fingerprint density at radius 2 is 2.20 bits per heavy atom. The van der Waals surface area contributed by atoms with Crippen molar-refractivity contribution in [2.75, 3.05) is 32.7 Å². The van der Waals surface area contributed by atoms with Gasteiger partial charge in [0.1, 0.15) is 6.10 Å². The number of nitrogens with two attached hydrogens (primary N) is 1. The third kappa shape index (κ3) is 2.69. The van der Waals surface area contributed by atoms with Gasteiger partial charge >= 0.3 is 0 Å². The number of benzene rings is 1. The molecule has 0 amide bonds. The smallest absolute Gasteiger partial charge is 0.162 e. The van der Waals surface area contributed by atoms with Crippen LogP contribution in [0.15, 0.2) is 18.2 Å². The van der Waals surface area contributed by atoms with Crippen LogP contribution in [0.3, 0.4) is 0 Å². The first-order valence-corrected chi connectivity index (χ1v) is 7.03. The van der Waals surface area contributed by atoms with E-state index in [9.17, 15) is 0 Å². The van der Waals surface area contributed by atoms with E-state index in [1.54, 1.807) is 13.2 Å². The van der Waals surface area contributed by atoms with Gasteiger partial charge in [0.05, 0.1) is 25.9 Å². The van der Waals surface area contributed by atoms with Gasteiger partial charge in [-0.2, -0.15) is 0 Å². The van der Waals surface area contributed by atoms with Crippen molar-refractivity contribution < 1.29 is 18.9 Å². The summed E-state index contributed by atoms with van der Waals surface area (Å²) in [5.74, 6) is 1.41. The van der Waals surface area contributed by atoms with Crippen molar-refractivity contribution >= 4 is 5.69 Å². The van der Waals surface area contributed by atoms with Gasteiger partial charge in [-0.15, -0.1) is 0 Å². The monoisotopic (exact) mass is 279 g/mol. The van der Waals surface area contributed by atoms with Gasteiger partial charge in [-0.1, -0.05) is 0 Å². The highest BCUT2D eigenvalue weighted by molar-refractivity contribution is 5.52. The molecule has 1 aromatic rings. The summed E-state index contributed by atoms with van der Waals surface area (Å²) in [5, 5.41) is 0. The van der Waals surface area contributed by atoms with Gasteiger partial charge in [-0.05, 0) is 12.1 Å². The minimum atomic E-state index is -0.149. The first-order chi connectivity index (χ1) is 9.71. The van der Waals surface area contributed by atoms with Crippen LogP contribution < -0.4 is 15.2 Å². The number of anilines is 1. The molecule has 20 heavy (non-hydrogen) atoms. The Labute approximate surface area is 118 Å². The molecule has 5 nitrogen and oxygen atoms in total. The molecule has 110 valence electrons. The highest BCUT2D eigenvalue weighted by Crippen LogP contribution is 2.37. The number of hydrogen-bond acceptors (Lipinski definition) is 5. The summed E-state index contributed by atoms with van der Waals surface area (Å²) < 4.78 is 22.8. The molecule has 2 aliphatic heterocycles. The molecule has 0 aromatic heterocycles. The van der Waals surface area contributed by atoms with E-state index in [0.29, 0.717) is 24.7 Å². The maximum Gasteiger partial charge on any atom is 0.162 e. The fraction of sp³-hybridized carbons (Fsp3) is 0.600. The lowest BCUT2D eigenvalue weighted by Crippen LogP contribution is -2.44. The number of hydrogen-bond donors (Lipinski definition) is 1. The molecule has 2 unspecified atom stereocenters. The van der Waals surface area contributed by atoms with Crippen molar-refractivity contribution in [2.24, 2.45) is 0 Å². The second-order valence-electron chi connectivity index (χ2n) is 5.48. The predicted molar refractivity (Wildman–Crippen MR) is 75.2 cm³/mol. The predicted octanol–water partition coefficient (Wildman–Crippen LogP) is 1.99. The minimum Gasteiger partial charge on any atom is -0.493 e. The quantitative estimate of drug-likeness (QED) is 0.857. The second kappa shape index (κ2) is 5.50. The summed E-state index contributed by atoms with van der Waals surface area (Å²) in [4.78, 5) is 0. The first-order valence-electron chi connectivity index (χ1n) is 7.03. The van der Waals surface area contributed by atoms with E-state index in [0.717, 1.165) is 31.6 Å². The van der Waals surface area contributed by atoms with Gasteiger partial charge in [0, 0.05) is 37.6 Å². The summed E-state index contributed by atoms with van der Waals surface area (Å²) in [5.41, 5.74) is 6.28. The van der Waals surface area contributed by atoms with Crippen LogP contribution in [0, 0.1) is 0 Å². The Morgan fingerprint density at radius 3 is 2.95 bits per heavy atom. The van der Waals surface area contributed by atoms with Gasteiger partial charge in [-0.3, -0.25) is 0 Å². The molecule has 0 aliphatic carbocycles. The van der Waals surface area contributed by atoms with E-state index in [2.05, 4.69) is 0 Å². The Bertz CT molecular complexity index is 471. The van der Waals surface area contributed by atoms with E-state index in [-0.39, 0.29) is 11.7 Å². The topological polar surface area (TPSA) is 62.9 Å². The zero-order chi connectivity index (χ0) is 14.0. The number of rotatable bonds is 3. The van der Waals surface area contributed by atoms with Crippen molar-refractivity contribution in [3.63, 3.8) is 0 Å². The minimum absolute atomic E-state index is 0.128. The summed E-state index contributed by atoms with van der Waals surface area (Å²) in [6, 6.07) is 5.47. The highest BCUT2D eigenvalue weighted by Gasteiger charge is 2.41. The van der Waals surface area contributed by atoms with Crippen molar-refractivity contribution in [1.82, 2.24) is 0 Å². The van der Waals surface area contributed by atoms with Crippen LogP contribution in [0.5, 0.6) is 11.5 Å². The largest absolute Gasteiger partial charge is 0.493 e. The molecule has 2 saturated heterocycles. The molecule has 2 fully saturated rings. The zero-order valence-electron chi connectivity index (χ0n) is 11.8. The molecular weight excluding hydrogens is 258 g/mol. The summed E-state index contributed by atoms with van der Waals surface area (Å²) in [7, 11) is 1.62. The van der Waals surface area contributed by atoms with Crippen molar-refractivity contribution in [1.29, 1.82) is 0 Å². The van der Waals surface area contributed by atoms with Crippen LogP contribution in [0.25, 0.3) is 0 Å². The highest BCUT2D eigenvalue weighted by atomic mass is 16.6. The van der Waals surface area contributed by atoms with Crippen LogP contribution in [-0.4, -0.2) is 38.6 Å². The number of ether oxygens (including phenoxy) is 4. The lowest BCUT2D eigenvalue weighted by Gasteiger charge is -2.37. The van der Waals surface area contributed by atoms with E-state index in [1.807, 2.05) is 12.1 Å². The second-order valence-corrected chi connectivity index (χ2v) is 5.48. The Balaban J connectivity index is 1.71. The van der Waals surface area contributed by atoms with Crippen LogP contribution >= 0.6 is 0 Å². The Hall–Kier alpha value is -1.46. The molecule has 2 aliphatic rings. The van der Waals surface area contributed by atoms with E-state index >= 15 is 0 Å². The van der Waals surface area contributed by atoms with Crippen LogP contribution in [0.4, 0.5) is 5.69 Å².